The van der Waals surface area contributed by atoms with Gasteiger partial charge in [-0.1, -0.05) is 23.7 Å². The number of tetrazole rings is 1. The van der Waals surface area contributed by atoms with Crippen molar-refractivity contribution in [2.45, 2.75) is 78.0 Å². The zero-order valence-electron chi connectivity index (χ0n) is 40.0. The summed E-state index contributed by atoms with van der Waals surface area (Å²) in [7, 11) is 1.64. The van der Waals surface area contributed by atoms with Gasteiger partial charge in [0.15, 0.2) is 0 Å². The summed E-state index contributed by atoms with van der Waals surface area (Å²) < 4.78 is 13.7. The van der Waals surface area contributed by atoms with Crippen LogP contribution in [0.2, 0.25) is 5.02 Å². The van der Waals surface area contributed by atoms with Gasteiger partial charge in [-0.15, -0.1) is 5.10 Å². The standard InChI is InChI=1S/C48H56ClN11O10/c1-47(2,3)69-44(66)39-26-31-25-34(13-15-35(31)60(39)46(68)70-48(4,5)6)51-40(62)38(58-21-20-57(42(64)43(58)65)37-27-32(49)10-14-36(37)59-28-50-53-54-59)24-29-8-11-33(12-9-29)52-45(67)56-18-16-30(17-19-56)41(63)55(7)22-23-61/h8-15,25-28,30,38,61H,16-24H2,1-7H3,(H,51,62)(H,52,67)/t38-/m0/s1. The number of aliphatic hydroxyl groups excluding tert-OH is 1. The number of likely N-dealkylation sites (N-methyl/N-ethyl adjacent to an activating group) is 1. The van der Waals surface area contributed by atoms with Crippen LogP contribution in [0.15, 0.2) is 73.1 Å². The fourth-order valence-corrected chi connectivity index (χ4v) is 8.42. The smallest absolute Gasteiger partial charge is 0.419 e. The number of benzene rings is 3. The molecule has 2 saturated heterocycles. The number of hydrogen-bond acceptors (Lipinski definition) is 13. The van der Waals surface area contributed by atoms with Crippen LogP contribution in [0.5, 0.6) is 0 Å². The lowest BCUT2D eigenvalue weighted by atomic mass is 9.95. The van der Waals surface area contributed by atoms with E-state index in [-0.39, 0.29) is 67.6 Å². The van der Waals surface area contributed by atoms with Gasteiger partial charge in [0.1, 0.15) is 29.3 Å². The molecule has 0 spiro atoms. The summed E-state index contributed by atoms with van der Waals surface area (Å²) in [5, 5.41) is 27.0. The molecule has 2 aromatic heterocycles. The van der Waals surface area contributed by atoms with Crippen LogP contribution in [0.3, 0.4) is 0 Å². The van der Waals surface area contributed by atoms with Crippen LogP contribution in [-0.2, 0) is 35.1 Å². The van der Waals surface area contributed by atoms with E-state index in [9.17, 15) is 38.7 Å². The van der Waals surface area contributed by atoms with Crippen LogP contribution in [-0.4, -0.2) is 150 Å². The number of nitrogens with zero attached hydrogens (tertiary/aromatic N) is 9. The minimum absolute atomic E-state index is 0.0306. The molecule has 2 aliphatic heterocycles. The Morgan fingerprint density at radius 1 is 0.829 bits per heavy atom. The van der Waals surface area contributed by atoms with Gasteiger partial charge in [0.25, 0.3) is 0 Å². The van der Waals surface area contributed by atoms with Crippen molar-refractivity contribution < 1.29 is 48.1 Å². The van der Waals surface area contributed by atoms with Crippen LogP contribution < -0.4 is 15.5 Å². The molecule has 2 fully saturated rings. The zero-order valence-corrected chi connectivity index (χ0v) is 40.7. The summed E-state index contributed by atoms with van der Waals surface area (Å²) >= 11 is 6.37. The first-order valence-corrected chi connectivity index (χ1v) is 23.1. The van der Waals surface area contributed by atoms with Gasteiger partial charge in [-0.25, -0.2) is 19.0 Å². The molecular formula is C48H56ClN11O10. The van der Waals surface area contributed by atoms with Gasteiger partial charge >= 0.3 is 29.9 Å². The third-order valence-electron chi connectivity index (χ3n) is 11.6. The van der Waals surface area contributed by atoms with Gasteiger partial charge in [-0.05, 0) is 125 Å². The third kappa shape index (κ3) is 11.7. The Bertz CT molecular complexity index is 2790. The highest BCUT2D eigenvalue weighted by molar-refractivity contribution is 6.41. The van der Waals surface area contributed by atoms with E-state index >= 15 is 0 Å². The molecule has 370 valence electrons. The predicted molar refractivity (Wildman–Crippen MR) is 258 cm³/mol. The molecule has 0 unspecified atom stereocenters. The van der Waals surface area contributed by atoms with Gasteiger partial charge in [0.2, 0.25) is 11.8 Å². The summed E-state index contributed by atoms with van der Waals surface area (Å²) in [6, 6.07) is 16.0. The van der Waals surface area contributed by atoms with E-state index in [0.717, 1.165) is 4.57 Å². The molecule has 0 bridgehead atoms. The monoisotopic (exact) mass is 981 g/mol. The number of piperazine rings is 1. The number of aromatic nitrogens is 5. The number of carbonyl (C=O) groups excluding carboxylic acids is 7. The van der Waals surface area contributed by atoms with Gasteiger partial charge in [-0.2, -0.15) is 4.68 Å². The van der Waals surface area contributed by atoms with Crippen LogP contribution >= 0.6 is 11.6 Å². The van der Waals surface area contributed by atoms with E-state index in [0.29, 0.717) is 58.8 Å². The molecule has 3 N–H and O–H groups in total. The van der Waals surface area contributed by atoms with Gasteiger partial charge < -0.3 is 44.8 Å². The van der Waals surface area contributed by atoms with Gasteiger partial charge in [0, 0.05) is 73.9 Å². The summed E-state index contributed by atoms with van der Waals surface area (Å²) in [6.07, 6.45) is 1.44. The molecular weight excluding hydrogens is 926 g/mol. The quantitative estimate of drug-likeness (QED) is 0.109. The second-order valence-electron chi connectivity index (χ2n) is 19.0. The molecule has 0 saturated carbocycles. The molecule has 6 amide bonds. The Balaban J connectivity index is 1.14. The largest absolute Gasteiger partial charge is 0.455 e. The van der Waals surface area contributed by atoms with Crippen molar-refractivity contribution in [3.05, 3.63) is 89.3 Å². The van der Waals surface area contributed by atoms with E-state index in [2.05, 4.69) is 26.2 Å². The molecule has 1 atom stereocenters. The number of esters is 1. The average molecular weight is 982 g/mol. The van der Waals surface area contributed by atoms with E-state index in [1.54, 1.807) is 102 Å². The average Bonchev–Trinajstić information content (AvgIpc) is 3.98. The number of urea groups is 1. The summed E-state index contributed by atoms with van der Waals surface area (Å²) in [4.78, 5) is 102. The Morgan fingerprint density at radius 2 is 1.51 bits per heavy atom. The van der Waals surface area contributed by atoms with Crippen LogP contribution in [0, 0.1) is 5.92 Å². The van der Waals surface area contributed by atoms with Crippen LogP contribution in [0.25, 0.3) is 16.6 Å². The van der Waals surface area contributed by atoms with Crippen molar-refractivity contribution in [1.82, 2.24) is 39.5 Å². The second-order valence-corrected chi connectivity index (χ2v) is 19.5. The van der Waals surface area contributed by atoms with Crippen molar-refractivity contribution in [3.63, 3.8) is 0 Å². The molecule has 0 aliphatic carbocycles. The number of likely N-dealkylation sites (tertiary alicyclic amines) is 1. The van der Waals surface area contributed by atoms with E-state index in [1.807, 2.05) is 0 Å². The van der Waals surface area contributed by atoms with Crippen LogP contribution in [0.4, 0.5) is 26.7 Å². The van der Waals surface area contributed by atoms with Gasteiger partial charge in [0.05, 0.1) is 23.5 Å². The molecule has 3 aromatic carbocycles. The maximum absolute atomic E-state index is 14.6. The minimum atomic E-state index is -1.25. The number of anilines is 3. The third-order valence-corrected chi connectivity index (χ3v) is 11.8. The molecule has 5 aromatic rings. The van der Waals surface area contributed by atoms with Crippen molar-refractivity contribution in [1.29, 1.82) is 0 Å². The second kappa shape index (κ2) is 20.7. The Kier molecular flexibility index (Phi) is 14.9. The fraction of sp³-hybridized carbons (Fsp3) is 0.417. The lowest BCUT2D eigenvalue weighted by Crippen LogP contribution is -2.60. The zero-order chi connectivity index (χ0) is 50.7. The minimum Gasteiger partial charge on any atom is -0.455 e. The van der Waals surface area contributed by atoms with Crippen molar-refractivity contribution in [3.8, 4) is 5.69 Å². The summed E-state index contributed by atoms with van der Waals surface area (Å²) in [5.74, 6) is -3.61. The topological polar surface area (TPSA) is 244 Å². The van der Waals surface area contributed by atoms with E-state index in [1.165, 1.54) is 43.9 Å². The van der Waals surface area contributed by atoms with E-state index < -0.39 is 47.0 Å². The van der Waals surface area contributed by atoms with Crippen molar-refractivity contribution in [2.24, 2.45) is 5.92 Å². The molecule has 22 heteroatoms. The SMILES string of the molecule is CN(CCO)C(=O)C1CCN(C(=O)Nc2ccc(C[C@@H](C(=O)Nc3ccc4c(c3)cc(C(=O)OC(C)(C)C)n4C(=O)OC(C)(C)C)N3CCN(c4cc(Cl)ccc4-n4cnnn4)C(=O)C3=O)cc2)CC1. The first kappa shape index (κ1) is 50.5. The highest BCUT2D eigenvalue weighted by Gasteiger charge is 2.41. The molecule has 2 aliphatic rings. The highest BCUT2D eigenvalue weighted by atomic mass is 35.5. The number of halogens is 1. The first-order valence-electron chi connectivity index (χ1n) is 22.7. The summed E-state index contributed by atoms with van der Waals surface area (Å²) in [6.45, 7) is 10.9. The Hall–Kier alpha value is -7.39. The molecule has 4 heterocycles. The fourth-order valence-electron chi connectivity index (χ4n) is 8.25. The normalized spacial score (nSPS) is 15.2. The lowest BCUT2D eigenvalue weighted by molar-refractivity contribution is -0.149. The van der Waals surface area contributed by atoms with Crippen LogP contribution in [0.1, 0.15) is 70.4 Å². The molecule has 21 nitrogen and oxygen atoms in total. The number of rotatable bonds is 12. The molecule has 0 radical (unpaired) electrons. The van der Waals surface area contributed by atoms with Crippen molar-refractivity contribution >= 4 is 81.3 Å². The number of carbonyl (C=O) groups is 7. The summed E-state index contributed by atoms with van der Waals surface area (Å²) in [5.41, 5.74) is 0.405. The Morgan fingerprint density at radius 3 is 2.16 bits per heavy atom. The Labute approximate surface area is 408 Å². The van der Waals surface area contributed by atoms with Gasteiger partial charge in [-0.3, -0.25) is 19.2 Å². The number of fused-ring (bicyclic) bond motifs is 1. The predicted octanol–water partition coefficient (Wildman–Crippen LogP) is 5.13. The van der Waals surface area contributed by atoms with Crippen molar-refractivity contribution in [2.75, 3.05) is 61.9 Å². The number of aliphatic hydroxyl groups is 1. The van der Waals surface area contributed by atoms with E-state index in [4.69, 9.17) is 21.1 Å². The maximum atomic E-state index is 14.6. The number of nitrogens with one attached hydrogen (secondary N) is 2. The first-order chi connectivity index (χ1) is 33.1. The molecule has 7 rings (SSSR count). The number of ether oxygens (including phenoxy) is 2. The maximum Gasteiger partial charge on any atom is 0.419 e. The number of hydrogen-bond donors (Lipinski definition) is 3. The highest BCUT2D eigenvalue weighted by Crippen LogP contribution is 2.31. The number of amides is 6. The molecule has 70 heavy (non-hydrogen) atoms. The number of piperidine rings is 1. The lowest BCUT2D eigenvalue weighted by Gasteiger charge is -2.38.